The highest BCUT2D eigenvalue weighted by molar-refractivity contribution is 5.06. The zero-order chi connectivity index (χ0) is 14.8. The molecule has 0 bridgehead atoms. The van der Waals surface area contributed by atoms with E-state index in [1.54, 1.807) is 7.11 Å². The molecular weight excluding hydrogens is 258 g/mol. The van der Waals surface area contributed by atoms with Crippen LogP contribution < -0.4 is 5.73 Å². The van der Waals surface area contributed by atoms with Gasteiger partial charge in [0.2, 0.25) is 11.7 Å². The van der Waals surface area contributed by atoms with Gasteiger partial charge >= 0.3 is 0 Å². The molecule has 0 aromatic carbocycles. The summed E-state index contributed by atoms with van der Waals surface area (Å²) in [4.78, 5) is 4.40. The lowest BCUT2D eigenvalue weighted by Gasteiger charge is -2.40. The Kier molecular flexibility index (Phi) is 4.46. The smallest absolute Gasteiger partial charge is 0.243 e. The van der Waals surface area contributed by atoms with Crippen LogP contribution in [0, 0.1) is 5.41 Å². The molecule has 114 valence electrons. The van der Waals surface area contributed by atoms with Crippen molar-refractivity contribution in [2.24, 2.45) is 11.1 Å². The summed E-state index contributed by atoms with van der Waals surface area (Å²) in [6.07, 6.45) is 4.30. The first-order valence-electron chi connectivity index (χ1n) is 7.18. The molecule has 1 fully saturated rings. The fourth-order valence-corrected chi connectivity index (χ4v) is 2.68. The molecule has 20 heavy (non-hydrogen) atoms. The molecule has 1 atom stereocenters. The lowest BCUT2D eigenvalue weighted by Crippen LogP contribution is -2.37. The van der Waals surface area contributed by atoms with Crippen molar-refractivity contribution in [3.05, 3.63) is 11.7 Å². The summed E-state index contributed by atoms with van der Waals surface area (Å²) in [6.45, 7) is 4.54. The van der Waals surface area contributed by atoms with Crippen molar-refractivity contribution in [3.63, 3.8) is 0 Å². The van der Waals surface area contributed by atoms with Crippen LogP contribution >= 0.6 is 0 Å². The maximum absolute atomic E-state index is 8.91. The van der Waals surface area contributed by atoms with Gasteiger partial charge in [-0.1, -0.05) is 19.0 Å². The van der Waals surface area contributed by atoms with Gasteiger partial charge in [0.05, 0.1) is 6.04 Å². The molecule has 1 aromatic heterocycles. The standard InChI is InChI=1S/C14H25N3O3/c1-13(2)5-7-14(19-3,8-6-13)12-16-11(20-17-12)10(15)4-9-18/h10,18H,4-9,15H2,1-3H3. The Balaban J connectivity index is 2.16. The van der Waals surface area contributed by atoms with Gasteiger partial charge in [0.15, 0.2) is 0 Å². The van der Waals surface area contributed by atoms with Crippen molar-refractivity contribution in [2.45, 2.75) is 57.6 Å². The van der Waals surface area contributed by atoms with E-state index in [0.717, 1.165) is 25.7 Å². The minimum atomic E-state index is -0.462. The van der Waals surface area contributed by atoms with Crippen LogP contribution in [0.25, 0.3) is 0 Å². The molecule has 1 aliphatic rings. The van der Waals surface area contributed by atoms with Crippen molar-refractivity contribution >= 4 is 0 Å². The van der Waals surface area contributed by atoms with E-state index >= 15 is 0 Å². The van der Waals surface area contributed by atoms with Gasteiger partial charge in [0, 0.05) is 13.7 Å². The number of nitrogens with two attached hydrogens (primary N) is 1. The fraction of sp³-hybridized carbons (Fsp3) is 0.857. The monoisotopic (exact) mass is 283 g/mol. The van der Waals surface area contributed by atoms with Crippen LogP contribution in [0.5, 0.6) is 0 Å². The van der Waals surface area contributed by atoms with Gasteiger partial charge in [-0.05, 0) is 37.5 Å². The Morgan fingerprint density at radius 3 is 2.55 bits per heavy atom. The van der Waals surface area contributed by atoms with Crippen molar-refractivity contribution in [1.29, 1.82) is 0 Å². The molecule has 1 unspecified atom stereocenters. The Labute approximate surface area is 119 Å². The number of aliphatic hydroxyl groups excluding tert-OH is 1. The molecule has 1 aromatic rings. The minimum Gasteiger partial charge on any atom is -0.396 e. The van der Waals surface area contributed by atoms with E-state index in [0.29, 0.717) is 23.6 Å². The largest absolute Gasteiger partial charge is 0.396 e. The molecule has 0 saturated heterocycles. The predicted molar refractivity (Wildman–Crippen MR) is 73.9 cm³/mol. The lowest BCUT2D eigenvalue weighted by atomic mass is 9.70. The molecular formula is C14H25N3O3. The van der Waals surface area contributed by atoms with Crippen molar-refractivity contribution in [1.82, 2.24) is 10.1 Å². The highest BCUT2D eigenvalue weighted by Gasteiger charge is 2.43. The predicted octanol–water partition coefficient (Wildman–Crippen LogP) is 1.89. The molecule has 2 rings (SSSR count). The maximum atomic E-state index is 8.91. The van der Waals surface area contributed by atoms with Crippen molar-refractivity contribution in [3.8, 4) is 0 Å². The first kappa shape index (κ1) is 15.4. The Hall–Kier alpha value is -0.980. The number of rotatable bonds is 5. The van der Waals surface area contributed by atoms with Gasteiger partial charge in [0.1, 0.15) is 5.60 Å². The lowest BCUT2D eigenvalue weighted by molar-refractivity contribution is -0.0740. The second kappa shape index (κ2) is 5.79. The number of hydrogen-bond donors (Lipinski definition) is 2. The molecule has 1 heterocycles. The third-order valence-corrected chi connectivity index (χ3v) is 4.41. The molecule has 1 aliphatic carbocycles. The number of hydrogen-bond acceptors (Lipinski definition) is 6. The topological polar surface area (TPSA) is 94.4 Å². The third-order valence-electron chi connectivity index (χ3n) is 4.41. The Morgan fingerprint density at radius 2 is 2.00 bits per heavy atom. The summed E-state index contributed by atoms with van der Waals surface area (Å²) in [5, 5.41) is 13.0. The van der Waals surface area contributed by atoms with E-state index in [-0.39, 0.29) is 6.61 Å². The minimum absolute atomic E-state index is 0.00247. The number of aromatic nitrogens is 2. The van der Waals surface area contributed by atoms with Crippen molar-refractivity contribution in [2.75, 3.05) is 13.7 Å². The first-order valence-corrected chi connectivity index (χ1v) is 7.18. The molecule has 0 amide bonds. The number of aliphatic hydroxyl groups is 1. The van der Waals surface area contributed by atoms with Crippen LogP contribution in [-0.2, 0) is 10.3 Å². The summed E-state index contributed by atoms with van der Waals surface area (Å²) < 4.78 is 11.0. The average Bonchev–Trinajstić information content (AvgIpc) is 2.90. The average molecular weight is 283 g/mol. The van der Waals surface area contributed by atoms with Gasteiger partial charge in [-0.2, -0.15) is 4.98 Å². The van der Waals surface area contributed by atoms with E-state index in [1.165, 1.54) is 0 Å². The van der Waals surface area contributed by atoms with Crippen LogP contribution in [0.15, 0.2) is 4.52 Å². The highest BCUT2D eigenvalue weighted by atomic mass is 16.5. The van der Waals surface area contributed by atoms with E-state index in [9.17, 15) is 0 Å². The van der Waals surface area contributed by atoms with Crippen LogP contribution in [0.3, 0.4) is 0 Å². The molecule has 0 radical (unpaired) electrons. The molecule has 3 N–H and O–H groups in total. The van der Waals surface area contributed by atoms with Crippen LogP contribution in [0.2, 0.25) is 0 Å². The summed E-state index contributed by atoms with van der Waals surface area (Å²) in [6, 6.07) is -0.421. The summed E-state index contributed by atoms with van der Waals surface area (Å²) >= 11 is 0. The molecule has 0 spiro atoms. The van der Waals surface area contributed by atoms with E-state index in [4.69, 9.17) is 20.1 Å². The number of ether oxygens (including phenoxy) is 1. The fourth-order valence-electron chi connectivity index (χ4n) is 2.68. The van der Waals surface area contributed by atoms with Crippen LogP contribution in [0.1, 0.15) is 63.7 Å². The Morgan fingerprint density at radius 1 is 1.35 bits per heavy atom. The maximum Gasteiger partial charge on any atom is 0.243 e. The van der Waals surface area contributed by atoms with E-state index in [1.807, 2.05) is 0 Å². The molecule has 6 heteroatoms. The van der Waals surface area contributed by atoms with Gasteiger partial charge in [-0.25, -0.2) is 0 Å². The number of nitrogens with zero attached hydrogens (tertiary/aromatic N) is 2. The quantitative estimate of drug-likeness (QED) is 0.857. The van der Waals surface area contributed by atoms with Gasteiger partial charge in [0.25, 0.3) is 0 Å². The molecule has 6 nitrogen and oxygen atoms in total. The zero-order valence-corrected chi connectivity index (χ0v) is 12.6. The third kappa shape index (κ3) is 3.02. The van der Waals surface area contributed by atoms with Crippen LogP contribution in [0.4, 0.5) is 0 Å². The van der Waals surface area contributed by atoms with Crippen molar-refractivity contribution < 1.29 is 14.4 Å². The zero-order valence-electron chi connectivity index (χ0n) is 12.6. The van der Waals surface area contributed by atoms with Crippen LogP contribution in [-0.4, -0.2) is 29.0 Å². The van der Waals surface area contributed by atoms with Gasteiger partial charge in [-0.15, -0.1) is 0 Å². The SMILES string of the molecule is COC1(c2noc(C(N)CCO)n2)CCC(C)(C)CC1. The normalized spacial score (nSPS) is 22.6. The molecule has 0 aliphatic heterocycles. The summed E-state index contributed by atoms with van der Waals surface area (Å²) in [5.41, 5.74) is 5.75. The highest BCUT2D eigenvalue weighted by Crippen LogP contribution is 2.46. The Bertz CT molecular complexity index is 435. The summed E-state index contributed by atoms with van der Waals surface area (Å²) in [5.74, 6) is 0.953. The van der Waals surface area contributed by atoms with E-state index < -0.39 is 11.6 Å². The molecule has 1 saturated carbocycles. The second-order valence-electron chi connectivity index (χ2n) is 6.44. The van der Waals surface area contributed by atoms with Gasteiger partial charge < -0.3 is 20.1 Å². The first-order chi connectivity index (χ1) is 9.42. The van der Waals surface area contributed by atoms with E-state index in [2.05, 4.69) is 24.0 Å². The second-order valence-corrected chi connectivity index (χ2v) is 6.44. The number of methoxy groups -OCH3 is 1. The van der Waals surface area contributed by atoms with Gasteiger partial charge in [-0.3, -0.25) is 0 Å². The summed E-state index contributed by atoms with van der Waals surface area (Å²) in [7, 11) is 1.70.